The highest BCUT2D eigenvalue weighted by Gasteiger charge is 2.32. The van der Waals surface area contributed by atoms with Gasteiger partial charge in [0.1, 0.15) is 5.88 Å². The zero-order valence-corrected chi connectivity index (χ0v) is 14.8. The minimum atomic E-state index is -4.63. The SMILES string of the molecule is CCC(O)CNC(=O)CNCS(=O)(=O)c1ccc(C(F)(F)F)cc1Cl. The fourth-order valence-electron chi connectivity index (χ4n) is 1.74. The van der Waals surface area contributed by atoms with Gasteiger partial charge in [0.25, 0.3) is 0 Å². The van der Waals surface area contributed by atoms with Crippen LogP contribution >= 0.6 is 11.6 Å². The molecule has 0 spiro atoms. The number of benzene rings is 1. The second-order valence-electron chi connectivity index (χ2n) is 5.19. The van der Waals surface area contributed by atoms with Crippen molar-refractivity contribution in [2.24, 2.45) is 0 Å². The Morgan fingerprint density at radius 2 is 2.00 bits per heavy atom. The Kier molecular flexibility index (Phi) is 7.66. The van der Waals surface area contributed by atoms with Gasteiger partial charge in [0.05, 0.1) is 28.1 Å². The summed E-state index contributed by atoms with van der Waals surface area (Å²) in [6, 6.07) is 1.94. The van der Waals surface area contributed by atoms with Crippen LogP contribution in [0.4, 0.5) is 13.2 Å². The van der Waals surface area contributed by atoms with E-state index in [4.69, 9.17) is 11.6 Å². The van der Waals surface area contributed by atoms with Gasteiger partial charge in [0.15, 0.2) is 9.84 Å². The number of alkyl halides is 3. The summed E-state index contributed by atoms with van der Waals surface area (Å²) >= 11 is 5.65. The zero-order chi connectivity index (χ0) is 19.3. The number of halogens is 4. The Balaban J connectivity index is 2.66. The molecule has 0 saturated carbocycles. The van der Waals surface area contributed by atoms with Gasteiger partial charge < -0.3 is 10.4 Å². The Morgan fingerprint density at radius 1 is 1.36 bits per heavy atom. The first-order valence-corrected chi connectivity index (χ1v) is 9.25. The molecule has 0 aliphatic heterocycles. The molecule has 25 heavy (non-hydrogen) atoms. The summed E-state index contributed by atoms with van der Waals surface area (Å²) in [5.74, 6) is -1.21. The van der Waals surface area contributed by atoms with Gasteiger partial charge in [-0.15, -0.1) is 0 Å². The van der Waals surface area contributed by atoms with E-state index in [0.717, 1.165) is 6.07 Å². The van der Waals surface area contributed by atoms with Crippen LogP contribution in [-0.2, 0) is 20.8 Å². The fraction of sp³-hybridized carbons (Fsp3) is 0.500. The molecule has 0 aliphatic carbocycles. The molecular formula is C14H18ClF3N2O4S. The second-order valence-corrected chi connectivity index (χ2v) is 7.56. The van der Waals surface area contributed by atoms with Crippen molar-refractivity contribution in [3.05, 3.63) is 28.8 Å². The average Bonchev–Trinajstić information content (AvgIpc) is 2.51. The standard InChI is InChI=1S/C14H18ClF3N2O4S/c1-2-10(21)6-20-13(22)7-19-8-25(23,24)12-4-3-9(5-11(12)15)14(16,17)18/h3-5,10,19,21H,2,6-8H2,1H3,(H,20,22). The highest BCUT2D eigenvalue weighted by atomic mass is 35.5. The molecule has 0 radical (unpaired) electrons. The molecule has 3 N–H and O–H groups in total. The van der Waals surface area contributed by atoms with E-state index in [2.05, 4.69) is 10.6 Å². The summed E-state index contributed by atoms with van der Waals surface area (Å²) < 4.78 is 61.9. The van der Waals surface area contributed by atoms with Gasteiger partial charge in [-0.2, -0.15) is 13.2 Å². The molecule has 0 aliphatic rings. The van der Waals surface area contributed by atoms with E-state index in [9.17, 15) is 31.5 Å². The maximum Gasteiger partial charge on any atom is 0.416 e. The lowest BCUT2D eigenvalue weighted by molar-refractivity contribution is -0.137. The predicted octanol–water partition coefficient (Wildman–Crippen LogP) is 1.57. The van der Waals surface area contributed by atoms with Gasteiger partial charge in [0, 0.05) is 6.54 Å². The molecular weight excluding hydrogens is 385 g/mol. The van der Waals surface area contributed by atoms with E-state index in [1.165, 1.54) is 0 Å². The maximum absolute atomic E-state index is 12.6. The van der Waals surface area contributed by atoms with Crippen molar-refractivity contribution in [2.45, 2.75) is 30.5 Å². The first kappa shape index (κ1) is 21.7. The zero-order valence-electron chi connectivity index (χ0n) is 13.2. The van der Waals surface area contributed by atoms with E-state index in [1.807, 2.05) is 0 Å². The molecule has 1 atom stereocenters. The van der Waals surface area contributed by atoms with Gasteiger partial charge in [-0.25, -0.2) is 8.42 Å². The van der Waals surface area contributed by atoms with E-state index >= 15 is 0 Å². The van der Waals surface area contributed by atoms with E-state index in [1.54, 1.807) is 6.92 Å². The molecule has 0 fully saturated rings. The average molecular weight is 403 g/mol. The van der Waals surface area contributed by atoms with Gasteiger partial charge in [-0.1, -0.05) is 18.5 Å². The first-order chi connectivity index (χ1) is 11.5. The van der Waals surface area contributed by atoms with Gasteiger partial charge >= 0.3 is 6.18 Å². The summed E-state index contributed by atoms with van der Waals surface area (Å²) in [5, 5.41) is 13.5. The van der Waals surface area contributed by atoms with Crippen molar-refractivity contribution in [2.75, 3.05) is 19.0 Å². The number of nitrogens with one attached hydrogen (secondary N) is 2. The normalized spacial score (nSPS) is 13.5. The van der Waals surface area contributed by atoms with Crippen LogP contribution in [0.3, 0.4) is 0 Å². The number of rotatable bonds is 8. The van der Waals surface area contributed by atoms with Crippen molar-refractivity contribution in [1.82, 2.24) is 10.6 Å². The van der Waals surface area contributed by atoms with Crippen molar-refractivity contribution in [3.63, 3.8) is 0 Å². The number of hydrogen-bond donors (Lipinski definition) is 3. The molecule has 1 amide bonds. The highest BCUT2D eigenvalue weighted by Crippen LogP contribution is 2.33. The highest BCUT2D eigenvalue weighted by molar-refractivity contribution is 7.91. The number of sulfone groups is 1. The predicted molar refractivity (Wildman–Crippen MR) is 85.8 cm³/mol. The number of aliphatic hydroxyl groups is 1. The minimum absolute atomic E-state index is 0.0362. The van der Waals surface area contributed by atoms with Crippen LogP contribution in [-0.4, -0.2) is 44.5 Å². The minimum Gasteiger partial charge on any atom is -0.391 e. The fourth-order valence-corrected chi connectivity index (χ4v) is 3.44. The van der Waals surface area contributed by atoms with Crippen LogP contribution in [0, 0.1) is 0 Å². The number of hydrogen-bond acceptors (Lipinski definition) is 5. The lowest BCUT2D eigenvalue weighted by Crippen LogP contribution is -2.39. The Bertz CT molecular complexity index is 711. The molecule has 0 aromatic heterocycles. The Morgan fingerprint density at radius 3 is 2.52 bits per heavy atom. The van der Waals surface area contributed by atoms with E-state index < -0.39 is 49.4 Å². The second kappa shape index (κ2) is 8.84. The molecule has 0 saturated heterocycles. The summed E-state index contributed by atoms with van der Waals surface area (Å²) in [5.41, 5.74) is -1.06. The van der Waals surface area contributed by atoms with Gasteiger partial charge in [0.2, 0.25) is 5.91 Å². The van der Waals surface area contributed by atoms with Crippen molar-refractivity contribution >= 4 is 27.3 Å². The quantitative estimate of drug-likeness (QED) is 0.613. The summed E-state index contributed by atoms with van der Waals surface area (Å²) in [4.78, 5) is 11.0. The number of amides is 1. The van der Waals surface area contributed by atoms with Crippen LogP contribution in [0.5, 0.6) is 0 Å². The molecule has 11 heteroatoms. The lowest BCUT2D eigenvalue weighted by atomic mass is 10.2. The largest absolute Gasteiger partial charge is 0.416 e. The molecule has 0 heterocycles. The number of carbonyl (C=O) groups excluding carboxylic acids is 1. The van der Waals surface area contributed by atoms with Crippen molar-refractivity contribution in [3.8, 4) is 0 Å². The lowest BCUT2D eigenvalue weighted by Gasteiger charge is -2.12. The van der Waals surface area contributed by atoms with Gasteiger partial charge in [-0.05, 0) is 24.6 Å². The molecule has 6 nitrogen and oxygen atoms in total. The Hall–Kier alpha value is -1.36. The van der Waals surface area contributed by atoms with Crippen molar-refractivity contribution < 1.29 is 31.5 Å². The first-order valence-electron chi connectivity index (χ1n) is 7.22. The molecule has 1 unspecified atom stereocenters. The van der Waals surface area contributed by atoms with E-state index in [0.29, 0.717) is 18.6 Å². The topological polar surface area (TPSA) is 95.5 Å². The molecule has 1 aromatic carbocycles. The molecule has 0 bridgehead atoms. The van der Waals surface area contributed by atoms with Crippen LogP contribution < -0.4 is 10.6 Å². The Labute approximate surface area is 148 Å². The van der Waals surface area contributed by atoms with Crippen LogP contribution in [0.1, 0.15) is 18.9 Å². The third-order valence-corrected chi connectivity index (χ3v) is 5.21. The third kappa shape index (κ3) is 6.81. The van der Waals surface area contributed by atoms with Crippen LogP contribution in [0.25, 0.3) is 0 Å². The molecule has 1 aromatic rings. The maximum atomic E-state index is 12.6. The van der Waals surface area contributed by atoms with Crippen LogP contribution in [0.2, 0.25) is 5.02 Å². The van der Waals surface area contributed by atoms with Crippen LogP contribution in [0.15, 0.2) is 23.1 Å². The monoisotopic (exact) mass is 402 g/mol. The van der Waals surface area contributed by atoms with Crippen molar-refractivity contribution in [1.29, 1.82) is 0 Å². The molecule has 1 rings (SSSR count). The smallest absolute Gasteiger partial charge is 0.391 e. The summed E-state index contributed by atoms with van der Waals surface area (Å²) in [6.07, 6.45) is -4.88. The van der Waals surface area contributed by atoms with E-state index in [-0.39, 0.29) is 13.1 Å². The number of aliphatic hydroxyl groups excluding tert-OH is 1. The third-order valence-electron chi connectivity index (χ3n) is 3.18. The van der Waals surface area contributed by atoms with Gasteiger partial charge in [-0.3, -0.25) is 10.1 Å². The summed E-state index contributed by atoms with van der Waals surface area (Å²) in [7, 11) is -4.02. The number of carbonyl (C=O) groups is 1. The molecule has 142 valence electrons. The summed E-state index contributed by atoms with van der Waals surface area (Å²) in [6.45, 7) is 1.43.